The number of aromatic nitrogens is 1. The van der Waals surface area contributed by atoms with Crippen LogP contribution in [0.2, 0.25) is 0 Å². The number of hydrogen-bond donors (Lipinski definition) is 3. The van der Waals surface area contributed by atoms with E-state index in [1.165, 1.54) is 18.2 Å². The summed E-state index contributed by atoms with van der Waals surface area (Å²) in [4.78, 5) is 40.2. The first-order valence-corrected chi connectivity index (χ1v) is 8.79. The zero-order valence-electron chi connectivity index (χ0n) is 14.5. The predicted molar refractivity (Wildman–Crippen MR) is 92.4 cm³/mol. The van der Waals surface area contributed by atoms with Gasteiger partial charge in [0.05, 0.1) is 0 Å². The Hall–Kier alpha value is -2.44. The average molecular weight is 347 g/mol. The van der Waals surface area contributed by atoms with E-state index in [1.807, 2.05) is 6.92 Å². The number of carbonyl (C=O) groups is 3. The van der Waals surface area contributed by atoms with Gasteiger partial charge in [0, 0.05) is 6.54 Å². The van der Waals surface area contributed by atoms with Crippen molar-refractivity contribution in [1.82, 2.24) is 15.6 Å². The summed E-state index contributed by atoms with van der Waals surface area (Å²) in [6.45, 7) is 2.63. The molecule has 2 rings (SSSR count). The fraction of sp³-hybridized carbons (Fsp3) is 0.556. The number of carboxylic acids is 1. The molecule has 0 radical (unpaired) electrons. The molecule has 1 aliphatic rings. The van der Waals surface area contributed by atoms with E-state index < -0.39 is 17.4 Å². The van der Waals surface area contributed by atoms with Gasteiger partial charge in [-0.05, 0) is 31.4 Å². The molecular weight excluding hydrogens is 322 g/mol. The number of carboxylic acid groups (broad SMARTS) is 1. The second-order valence-corrected chi connectivity index (χ2v) is 6.42. The number of pyridine rings is 1. The molecule has 1 heterocycles. The van der Waals surface area contributed by atoms with Crippen molar-refractivity contribution in [2.24, 2.45) is 0 Å². The normalized spacial score (nSPS) is 16.0. The number of unbranched alkanes of at least 4 members (excludes halogenated alkanes) is 1. The zero-order valence-corrected chi connectivity index (χ0v) is 14.5. The lowest BCUT2D eigenvalue weighted by Crippen LogP contribution is -2.60. The number of rotatable bonds is 7. The highest BCUT2D eigenvalue weighted by atomic mass is 16.4. The van der Waals surface area contributed by atoms with E-state index in [9.17, 15) is 14.4 Å². The Morgan fingerprint density at radius 1 is 1.16 bits per heavy atom. The molecule has 7 nitrogen and oxygen atoms in total. The molecule has 1 aliphatic carbocycles. The van der Waals surface area contributed by atoms with Gasteiger partial charge in [0.1, 0.15) is 16.9 Å². The fourth-order valence-corrected chi connectivity index (χ4v) is 3.07. The Labute approximate surface area is 147 Å². The van der Waals surface area contributed by atoms with Crippen molar-refractivity contribution in [3.05, 3.63) is 29.6 Å². The Kier molecular flexibility index (Phi) is 6.50. The molecule has 0 saturated heterocycles. The molecule has 0 atom stereocenters. The maximum absolute atomic E-state index is 12.7. The van der Waals surface area contributed by atoms with E-state index in [-0.39, 0.29) is 17.3 Å². The Morgan fingerprint density at radius 2 is 1.84 bits per heavy atom. The third-order valence-corrected chi connectivity index (χ3v) is 4.51. The molecule has 7 heteroatoms. The molecular formula is C18H25N3O4. The number of hydrogen-bond acceptors (Lipinski definition) is 4. The summed E-state index contributed by atoms with van der Waals surface area (Å²) in [6, 6.07) is 4.25. The van der Waals surface area contributed by atoms with Crippen LogP contribution in [0.15, 0.2) is 18.2 Å². The molecule has 0 aliphatic heterocycles. The van der Waals surface area contributed by atoms with Crippen LogP contribution in [0.3, 0.4) is 0 Å². The second kappa shape index (κ2) is 8.60. The van der Waals surface area contributed by atoms with Gasteiger partial charge < -0.3 is 15.7 Å². The van der Waals surface area contributed by atoms with Gasteiger partial charge in [-0.15, -0.1) is 0 Å². The van der Waals surface area contributed by atoms with E-state index in [0.717, 1.165) is 32.1 Å². The number of amides is 2. The van der Waals surface area contributed by atoms with Gasteiger partial charge in [-0.1, -0.05) is 38.7 Å². The van der Waals surface area contributed by atoms with Crippen LogP contribution < -0.4 is 10.6 Å². The molecule has 3 N–H and O–H groups in total. The van der Waals surface area contributed by atoms with Crippen LogP contribution in [0.5, 0.6) is 0 Å². The predicted octanol–water partition coefficient (Wildman–Crippen LogP) is 2.13. The van der Waals surface area contributed by atoms with Crippen molar-refractivity contribution in [3.8, 4) is 0 Å². The molecule has 0 aromatic carbocycles. The summed E-state index contributed by atoms with van der Waals surface area (Å²) >= 11 is 0. The highest BCUT2D eigenvalue weighted by Gasteiger charge is 2.41. The first kappa shape index (κ1) is 18.9. The van der Waals surface area contributed by atoms with Crippen LogP contribution in [0.1, 0.15) is 72.8 Å². The molecule has 136 valence electrons. The SMILES string of the molecule is CCCCNC(=O)C1(NC(=O)c2cccc(C(=O)O)n2)CCCCC1. The van der Waals surface area contributed by atoms with Crippen molar-refractivity contribution in [2.45, 2.75) is 57.4 Å². The molecule has 1 aromatic rings. The van der Waals surface area contributed by atoms with Gasteiger partial charge in [0.15, 0.2) is 0 Å². The summed E-state index contributed by atoms with van der Waals surface area (Å²) in [5, 5.41) is 14.8. The molecule has 2 amide bonds. The summed E-state index contributed by atoms with van der Waals surface area (Å²) in [6.07, 6.45) is 5.79. The maximum Gasteiger partial charge on any atom is 0.354 e. The van der Waals surface area contributed by atoms with Gasteiger partial charge in [-0.3, -0.25) is 9.59 Å². The number of nitrogens with one attached hydrogen (secondary N) is 2. The van der Waals surface area contributed by atoms with Gasteiger partial charge in [-0.25, -0.2) is 9.78 Å². The Balaban J connectivity index is 2.16. The summed E-state index contributed by atoms with van der Waals surface area (Å²) in [5.41, 5.74) is -1.13. The number of nitrogens with zero attached hydrogens (tertiary/aromatic N) is 1. The lowest BCUT2D eigenvalue weighted by molar-refractivity contribution is -0.128. The smallest absolute Gasteiger partial charge is 0.354 e. The molecule has 0 spiro atoms. The van der Waals surface area contributed by atoms with Crippen LogP contribution in [0.25, 0.3) is 0 Å². The van der Waals surface area contributed by atoms with Crippen molar-refractivity contribution in [1.29, 1.82) is 0 Å². The first-order valence-electron chi connectivity index (χ1n) is 8.79. The molecule has 0 bridgehead atoms. The van der Waals surface area contributed by atoms with Crippen molar-refractivity contribution in [3.63, 3.8) is 0 Å². The second-order valence-electron chi connectivity index (χ2n) is 6.42. The van der Waals surface area contributed by atoms with Crippen molar-refractivity contribution in [2.75, 3.05) is 6.54 Å². The summed E-state index contributed by atoms with van der Waals surface area (Å²) in [7, 11) is 0. The quantitative estimate of drug-likeness (QED) is 0.655. The highest BCUT2D eigenvalue weighted by Crippen LogP contribution is 2.29. The van der Waals surface area contributed by atoms with Crippen LogP contribution >= 0.6 is 0 Å². The lowest BCUT2D eigenvalue weighted by atomic mass is 9.80. The minimum atomic E-state index is -1.20. The largest absolute Gasteiger partial charge is 0.477 e. The Bertz CT molecular complexity index is 639. The highest BCUT2D eigenvalue weighted by molar-refractivity contribution is 5.99. The maximum atomic E-state index is 12.7. The molecule has 25 heavy (non-hydrogen) atoms. The molecule has 1 aromatic heterocycles. The topological polar surface area (TPSA) is 108 Å². The van der Waals surface area contributed by atoms with E-state index in [1.54, 1.807) is 0 Å². The van der Waals surface area contributed by atoms with Crippen LogP contribution in [-0.4, -0.2) is 40.0 Å². The van der Waals surface area contributed by atoms with E-state index in [2.05, 4.69) is 15.6 Å². The van der Waals surface area contributed by atoms with E-state index in [4.69, 9.17) is 5.11 Å². The minimum absolute atomic E-state index is 0.00575. The van der Waals surface area contributed by atoms with Gasteiger partial charge in [-0.2, -0.15) is 0 Å². The molecule has 1 saturated carbocycles. The Morgan fingerprint density at radius 3 is 2.48 bits per heavy atom. The third-order valence-electron chi connectivity index (χ3n) is 4.51. The van der Waals surface area contributed by atoms with Crippen LogP contribution in [-0.2, 0) is 4.79 Å². The van der Waals surface area contributed by atoms with Crippen molar-refractivity contribution >= 4 is 17.8 Å². The zero-order chi connectivity index (χ0) is 18.3. The molecule has 0 unspecified atom stereocenters. The van der Waals surface area contributed by atoms with Crippen LogP contribution in [0.4, 0.5) is 0 Å². The third kappa shape index (κ3) is 4.78. The van der Waals surface area contributed by atoms with Gasteiger partial charge in [0.25, 0.3) is 5.91 Å². The number of carbonyl (C=O) groups excluding carboxylic acids is 2. The standard InChI is InChI=1S/C18H25N3O4/c1-2-3-12-19-17(25)18(10-5-4-6-11-18)21-15(22)13-8-7-9-14(20-13)16(23)24/h7-9H,2-6,10-12H2,1H3,(H,19,25)(H,21,22)(H,23,24). The fourth-order valence-electron chi connectivity index (χ4n) is 3.07. The van der Waals surface area contributed by atoms with E-state index >= 15 is 0 Å². The lowest BCUT2D eigenvalue weighted by Gasteiger charge is -2.36. The van der Waals surface area contributed by atoms with Crippen molar-refractivity contribution < 1.29 is 19.5 Å². The van der Waals surface area contributed by atoms with E-state index in [0.29, 0.717) is 19.4 Å². The summed E-state index contributed by atoms with van der Waals surface area (Å²) < 4.78 is 0. The number of aromatic carboxylic acids is 1. The monoisotopic (exact) mass is 347 g/mol. The minimum Gasteiger partial charge on any atom is -0.477 e. The van der Waals surface area contributed by atoms with Crippen LogP contribution in [0, 0.1) is 0 Å². The van der Waals surface area contributed by atoms with Gasteiger partial charge in [0.2, 0.25) is 5.91 Å². The first-order chi connectivity index (χ1) is 12.0. The average Bonchev–Trinajstić information content (AvgIpc) is 2.62. The van der Waals surface area contributed by atoms with Gasteiger partial charge >= 0.3 is 5.97 Å². The molecule has 1 fully saturated rings. The summed E-state index contributed by atoms with van der Waals surface area (Å²) in [5.74, 6) is -1.88.